The summed E-state index contributed by atoms with van der Waals surface area (Å²) in [5.41, 5.74) is -0.397. The highest BCUT2D eigenvalue weighted by Crippen LogP contribution is 2.26. The lowest BCUT2D eigenvalue weighted by molar-refractivity contribution is -0.140. The number of ether oxygens (including phenoxy) is 2. The Kier molecular flexibility index (Phi) is 7.27. The second-order valence-corrected chi connectivity index (χ2v) is 7.86. The molecule has 0 spiro atoms. The van der Waals surface area contributed by atoms with Crippen molar-refractivity contribution in [3.05, 3.63) is 24.3 Å². The maximum atomic E-state index is 12.0. The number of hydrogen-bond acceptors (Lipinski definition) is 4. The number of benzene rings is 1. The normalized spacial score (nSPS) is 11.6. The maximum absolute atomic E-state index is 12.0. The third kappa shape index (κ3) is 8.42. The van der Waals surface area contributed by atoms with Crippen molar-refractivity contribution in [2.45, 2.75) is 46.6 Å². The quantitative estimate of drug-likeness (QED) is 0.585. The summed E-state index contributed by atoms with van der Waals surface area (Å²) >= 11 is 0. The molecule has 140 valence electrons. The molecule has 1 rings (SSSR count). The lowest BCUT2D eigenvalue weighted by Gasteiger charge is -2.33. The van der Waals surface area contributed by atoms with Gasteiger partial charge in [0.15, 0.2) is 0 Å². The predicted molar refractivity (Wildman–Crippen MR) is 97.8 cm³/mol. The van der Waals surface area contributed by atoms with E-state index in [1.165, 1.54) is 0 Å². The standard InChI is InChI=1S/C19H30N2O4/c1-18(2,3)13-19(4,5)21-17(23)16(22)20-11-12-25-15-9-7-14(24-6)8-10-15/h7-10H,11-13H2,1-6H3,(H,20,22)(H,21,23). The van der Waals surface area contributed by atoms with Gasteiger partial charge in [0, 0.05) is 5.54 Å². The van der Waals surface area contributed by atoms with Crippen LogP contribution >= 0.6 is 0 Å². The van der Waals surface area contributed by atoms with E-state index in [2.05, 4.69) is 31.4 Å². The molecule has 0 atom stereocenters. The summed E-state index contributed by atoms with van der Waals surface area (Å²) in [6.07, 6.45) is 0.763. The van der Waals surface area contributed by atoms with E-state index in [9.17, 15) is 9.59 Å². The Morgan fingerprint density at radius 3 is 2.04 bits per heavy atom. The molecule has 1 aromatic rings. The first kappa shape index (κ1) is 20.8. The van der Waals surface area contributed by atoms with Crippen molar-refractivity contribution in [2.75, 3.05) is 20.3 Å². The Balaban J connectivity index is 2.34. The molecule has 6 nitrogen and oxygen atoms in total. The van der Waals surface area contributed by atoms with Gasteiger partial charge in [-0.2, -0.15) is 0 Å². The fourth-order valence-electron chi connectivity index (χ4n) is 2.82. The molecule has 1 aromatic carbocycles. The van der Waals surface area contributed by atoms with E-state index in [1.807, 2.05) is 13.8 Å². The first-order chi connectivity index (χ1) is 11.5. The van der Waals surface area contributed by atoms with Crippen LogP contribution in [-0.4, -0.2) is 37.6 Å². The van der Waals surface area contributed by atoms with Gasteiger partial charge < -0.3 is 20.1 Å². The lowest BCUT2D eigenvalue weighted by atomic mass is 9.82. The van der Waals surface area contributed by atoms with Crippen LogP contribution in [0.25, 0.3) is 0 Å². The summed E-state index contributed by atoms with van der Waals surface area (Å²) in [6.45, 7) is 10.6. The molecule has 0 aliphatic carbocycles. The Hall–Kier alpha value is -2.24. The second kappa shape index (κ2) is 8.74. The first-order valence-electron chi connectivity index (χ1n) is 8.40. The number of rotatable bonds is 7. The highest BCUT2D eigenvalue weighted by Gasteiger charge is 2.29. The summed E-state index contributed by atoms with van der Waals surface area (Å²) < 4.78 is 10.6. The van der Waals surface area contributed by atoms with Crippen LogP contribution in [0.15, 0.2) is 24.3 Å². The fourth-order valence-corrected chi connectivity index (χ4v) is 2.82. The van der Waals surface area contributed by atoms with E-state index in [0.29, 0.717) is 5.75 Å². The lowest BCUT2D eigenvalue weighted by Crippen LogP contribution is -2.51. The van der Waals surface area contributed by atoms with Crippen LogP contribution in [-0.2, 0) is 9.59 Å². The minimum atomic E-state index is -0.652. The molecular weight excluding hydrogens is 320 g/mol. The smallest absolute Gasteiger partial charge is 0.309 e. The van der Waals surface area contributed by atoms with Crippen LogP contribution in [0.2, 0.25) is 0 Å². The molecule has 0 aliphatic heterocycles. The Bertz CT molecular complexity index is 574. The SMILES string of the molecule is COc1ccc(OCCNC(=O)C(=O)NC(C)(C)CC(C)(C)C)cc1. The minimum absolute atomic E-state index is 0.0550. The zero-order chi connectivity index (χ0) is 19.1. The van der Waals surface area contributed by atoms with Gasteiger partial charge in [0.25, 0.3) is 0 Å². The van der Waals surface area contributed by atoms with E-state index < -0.39 is 17.4 Å². The fraction of sp³-hybridized carbons (Fsp3) is 0.579. The van der Waals surface area contributed by atoms with Crippen molar-refractivity contribution in [1.82, 2.24) is 10.6 Å². The second-order valence-electron chi connectivity index (χ2n) is 7.86. The zero-order valence-electron chi connectivity index (χ0n) is 16.1. The number of carbonyl (C=O) groups is 2. The third-order valence-electron chi connectivity index (χ3n) is 3.35. The average molecular weight is 350 g/mol. The third-order valence-corrected chi connectivity index (χ3v) is 3.35. The van der Waals surface area contributed by atoms with Gasteiger partial charge in [-0.3, -0.25) is 9.59 Å². The van der Waals surface area contributed by atoms with Gasteiger partial charge in [0.2, 0.25) is 0 Å². The van der Waals surface area contributed by atoms with Gasteiger partial charge in [-0.25, -0.2) is 0 Å². The highest BCUT2D eigenvalue weighted by atomic mass is 16.5. The van der Waals surface area contributed by atoms with Gasteiger partial charge in [-0.1, -0.05) is 20.8 Å². The molecular formula is C19H30N2O4. The molecule has 0 aliphatic rings. The molecule has 0 bridgehead atoms. The summed E-state index contributed by atoms with van der Waals surface area (Å²) in [7, 11) is 1.60. The summed E-state index contributed by atoms with van der Waals surface area (Å²) in [6, 6.07) is 7.14. The molecule has 0 unspecified atom stereocenters. The molecule has 2 amide bonds. The van der Waals surface area contributed by atoms with Crippen LogP contribution in [0.4, 0.5) is 0 Å². The van der Waals surface area contributed by atoms with E-state index in [-0.39, 0.29) is 18.6 Å². The van der Waals surface area contributed by atoms with Crippen LogP contribution in [0.5, 0.6) is 11.5 Å². The molecule has 6 heteroatoms. The Morgan fingerprint density at radius 1 is 0.960 bits per heavy atom. The largest absolute Gasteiger partial charge is 0.497 e. The van der Waals surface area contributed by atoms with Gasteiger partial charge in [0.05, 0.1) is 13.7 Å². The maximum Gasteiger partial charge on any atom is 0.309 e. The zero-order valence-corrected chi connectivity index (χ0v) is 16.1. The molecule has 2 N–H and O–H groups in total. The molecule has 0 saturated carbocycles. The van der Waals surface area contributed by atoms with Crippen molar-refractivity contribution >= 4 is 11.8 Å². The van der Waals surface area contributed by atoms with Crippen molar-refractivity contribution in [1.29, 1.82) is 0 Å². The average Bonchev–Trinajstić information content (AvgIpc) is 2.49. The molecule has 0 heterocycles. The summed E-state index contributed by atoms with van der Waals surface area (Å²) in [5.74, 6) is 0.139. The predicted octanol–water partition coefficient (Wildman–Crippen LogP) is 2.52. The Morgan fingerprint density at radius 2 is 1.52 bits per heavy atom. The van der Waals surface area contributed by atoms with Gasteiger partial charge in [-0.05, 0) is 49.9 Å². The van der Waals surface area contributed by atoms with E-state index in [4.69, 9.17) is 9.47 Å². The number of nitrogens with one attached hydrogen (secondary N) is 2. The first-order valence-corrected chi connectivity index (χ1v) is 8.40. The number of carbonyl (C=O) groups excluding carboxylic acids is 2. The molecule has 0 aromatic heterocycles. The van der Waals surface area contributed by atoms with Gasteiger partial charge in [0.1, 0.15) is 18.1 Å². The molecule has 0 fully saturated rings. The molecule has 0 saturated heterocycles. The monoisotopic (exact) mass is 350 g/mol. The van der Waals surface area contributed by atoms with Crippen molar-refractivity contribution in [3.8, 4) is 11.5 Å². The number of amides is 2. The van der Waals surface area contributed by atoms with E-state index in [0.717, 1.165) is 12.2 Å². The van der Waals surface area contributed by atoms with Crippen molar-refractivity contribution in [3.63, 3.8) is 0 Å². The molecule has 0 radical (unpaired) electrons. The van der Waals surface area contributed by atoms with Crippen LogP contribution in [0.3, 0.4) is 0 Å². The summed E-state index contributed by atoms with van der Waals surface area (Å²) in [5, 5.41) is 5.34. The van der Waals surface area contributed by atoms with Gasteiger partial charge >= 0.3 is 11.8 Å². The molecule has 25 heavy (non-hydrogen) atoms. The van der Waals surface area contributed by atoms with Crippen molar-refractivity contribution < 1.29 is 19.1 Å². The van der Waals surface area contributed by atoms with Crippen LogP contribution < -0.4 is 20.1 Å². The van der Waals surface area contributed by atoms with Gasteiger partial charge in [-0.15, -0.1) is 0 Å². The number of methoxy groups -OCH3 is 1. The van der Waals surface area contributed by atoms with Crippen LogP contribution in [0, 0.1) is 5.41 Å². The number of hydrogen-bond donors (Lipinski definition) is 2. The van der Waals surface area contributed by atoms with E-state index in [1.54, 1.807) is 31.4 Å². The summed E-state index contributed by atoms with van der Waals surface area (Å²) in [4.78, 5) is 23.9. The van der Waals surface area contributed by atoms with E-state index >= 15 is 0 Å². The minimum Gasteiger partial charge on any atom is -0.497 e. The Labute approximate surface area is 150 Å². The highest BCUT2D eigenvalue weighted by molar-refractivity contribution is 6.35. The van der Waals surface area contributed by atoms with Crippen molar-refractivity contribution in [2.24, 2.45) is 5.41 Å². The van der Waals surface area contributed by atoms with Crippen LogP contribution in [0.1, 0.15) is 41.0 Å². The topological polar surface area (TPSA) is 76.7 Å².